The van der Waals surface area contributed by atoms with Crippen molar-refractivity contribution in [1.29, 1.82) is 0 Å². The summed E-state index contributed by atoms with van der Waals surface area (Å²) in [6.07, 6.45) is 5.37. The Hall–Kier alpha value is -2.23. The third-order valence-electron chi connectivity index (χ3n) is 4.92. The van der Waals surface area contributed by atoms with Gasteiger partial charge in [-0.05, 0) is 43.4 Å². The maximum atomic E-state index is 12.6. The molecule has 2 fully saturated rings. The van der Waals surface area contributed by atoms with Crippen LogP contribution < -0.4 is 14.9 Å². The minimum Gasteiger partial charge on any atom is -0.347 e. The van der Waals surface area contributed by atoms with Gasteiger partial charge in [0.15, 0.2) is 5.69 Å². The number of rotatable bonds is 7. The topological polar surface area (TPSA) is 104 Å². The van der Waals surface area contributed by atoms with Crippen LogP contribution in [0.1, 0.15) is 41.7 Å². The molecule has 0 radical (unpaired) electrons. The lowest BCUT2D eigenvalue weighted by Gasteiger charge is -2.16. The van der Waals surface area contributed by atoms with E-state index in [0.717, 1.165) is 44.3 Å². The van der Waals surface area contributed by atoms with Crippen molar-refractivity contribution in [3.63, 3.8) is 0 Å². The average molecular weight is 436 g/mol. The van der Waals surface area contributed by atoms with Crippen LogP contribution in [0.4, 0.5) is 5.95 Å². The second-order valence-electron chi connectivity index (χ2n) is 7.28. The average Bonchev–Trinajstić information content (AvgIpc) is 3.34. The lowest BCUT2D eigenvalue weighted by Crippen LogP contribution is -2.27. The summed E-state index contributed by atoms with van der Waals surface area (Å²) in [7, 11) is -3.48. The van der Waals surface area contributed by atoms with Gasteiger partial charge in [-0.3, -0.25) is 4.79 Å². The molecule has 2 aliphatic rings. The standard InChI is InChI=1S/C19H22ClN5O3S/c20-16-12-22-19(25-9-1-2-10-25)23-17(16)18(26)21-11-13-3-7-15(8-4-13)29(27,28)24-14-5-6-14/h3-4,7-8,12,14,24H,1-2,5-6,9-11H2,(H,21,26). The number of carbonyl (C=O) groups excluding carboxylic acids is 1. The number of sulfonamides is 1. The highest BCUT2D eigenvalue weighted by Crippen LogP contribution is 2.22. The molecule has 2 N–H and O–H groups in total. The maximum Gasteiger partial charge on any atom is 0.271 e. The number of carbonyl (C=O) groups is 1. The first kappa shape index (κ1) is 20.1. The van der Waals surface area contributed by atoms with Gasteiger partial charge in [0.2, 0.25) is 16.0 Å². The largest absolute Gasteiger partial charge is 0.347 e. The molecule has 1 aliphatic carbocycles. The first-order valence-electron chi connectivity index (χ1n) is 9.59. The number of nitrogens with zero attached hydrogens (tertiary/aromatic N) is 3. The summed E-state index contributed by atoms with van der Waals surface area (Å²) in [5, 5.41) is 2.97. The monoisotopic (exact) mass is 435 g/mol. The van der Waals surface area contributed by atoms with Crippen LogP contribution in [-0.2, 0) is 16.6 Å². The highest BCUT2D eigenvalue weighted by molar-refractivity contribution is 7.89. The fourth-order valence-corrected chi connectivity index (χ4v) is 4.61. The molecule has 2 aromatic rings. The van der Waals surface area contributed by atoms with Crippen LogP contribution >= 0.6 is 11.6 Å². The molecule has 0 bridgehead atoms. The molecule has 0 atom stereocenters. The van der Waals surface area contributed by atoms with Gasteiger partial charge < -0.3 is 10.2 Å². The lowest BCUT2D eigenvalue weighted by atomic mass is 10.2. The number of amides is 1. The molecule has 1 amide bonds. The Labute approximate surface area is 174 Å². The van der Waals surface area contributed by atoms with Crippen LogP contribution in [0.3, 0.4) is 0 Å². The van der Waals surface area contributed by atoms with Gasteiger partial charge in [0, 0.05) is 25.7 Å². The van der Waals surface area contributed by atoms with E-state index in [1.54, 1.807) is 12.1 Å². The number of anilines is 1. The molecule has 0 unspecified atom stereocenters. The van der Waals surface area contributed by atoms with Crippen molar-refractivity contribution in [2.45, 2.75) is 43.2 Å². The minimum absolute atomic E-state index is 0.0574. The van der Waals surface area contributed by atoms with Gasteiger partial charge in [-0.1, -0.05) is 23.7 Å². The summed E-state index contributed by atoms with van der Waals surface area (Å²) in [5.41, 5.74) is 0.907. The van der Waals surface area contributed by atoms with E-state index in [2.05, 4.69) is 20.0 Å². The van der Waals surface area contributed by atoms with Crippen molar-refractivity contribution < 1.29 is 13.2 Å². The molecule has 1 aromatic carbocycles. The van der Waals surface area contributed by atoms with E-state index < -0.39 is 15.9 Å². The Bertz CT molecular complexity index is 1000. The summed E-state index contributed by atoms with van der Waals surface area (Å²) in [5.74, 6) is 0.111. The van der Waals surface area contributed by atoms with Crippen molar-refractivity contribution in [3.8, 4) is 0 Å². The first-order chi connectivity index (χ1) is 13.9. The SMILES string of the molecule is O=C(NCc1ccc(S(=O)(=O)NC2CC2)cc1)c1nc(N2CCCC2)ncc1Cl. The van der Waals surface area contributed by atoms with E-state index in [0.29, 0.717) is 5.95 Å². The van der Waals surface area contributed by atoms with E-state index in [4.69, 9.17) is 11.6 Å². The van der Waals surface area contributed by atoms with Crippen molar-refractivity contribution in [2.75, 3.05) is 18.0 Å². The van der Waals surface area contributed by atoms with Crippen LogP contribution in [0.2, 0.25) is 5.02 Å². The first-order valence-corrected chi connectivity index (χ1v) is 11.5. The minimum atomic E-state index is -3.48. The Morgan fingerprint density at radius 3 is 2.52 bits per heavy atom. The van der Waals surface area contributed by atoms with Crippen LogP contribution in [-0.4, -0.2) is 43.4 Å². The molecule has 10 heteroatoms. The van der Waals surface area contributed by atoms with Gasteiger partial charge in [-0.25, -0.2) is 23.1 Å². The van der Waals surface area contributed by atoms with E-state index in [1.165, 1.54) is 18.3 Å². The fraction of sp³-hybridized carbons (Fsp3) is 0.421. The van der Waals surface area contributed by atoms with Crippen molar-refractivity contribution in [3.05, 3.63) is 46.7 Å². The normalized spacial score (nSPS) is 16.8. The Morgan fingerprint density at radius 1 is 1.17 bits per heavy atom. The smallest absolute Gasteiger partial charge is 0.271 e. The summed E-state index contributed by atoms with van der Waals surface area (Å²) in [6, 6.07) is 6.49. The number of halogens is 1. The molecule has 4 rings (SSSR count). The van der Waals surface area contributed by atoms with Gasteiger partial charge in [0.25, 0.3) is 5.91 Å². The van der Waals surface area contributed by atoms with Crippen LogP contribution in [0.25, 0.3) is 0 Å². The summed E-state index contributed by atoms with van der Waals surface area (Å²) in [4.78, 5) is 23.3. The molecular formula is C19H22ClN5O3S. The Kier molecular flexibility index (Phi) is 5.71. The number of benzene rings is 1. The second-order valence-corrected chi connectivity index (χ2v) is 9.40. The zero-order valence-electron chi connectivity index (χ0n) is 15.8. The van der Waals surface area contributed by atoms with Gasteiger partial charge in [0.05, 0.1) is 16.1 Å². The van der Waals surface area contributed by atoms with Gasteiger partial charge in [-0.15, -0.1) is 0 Å². The molecule has 1 aliphatic heterocycles. The van der Waals surface area contributed by atoms with E-state index >= 15 is 0 Å². The quantitative estimate of drug-likeness (QED) is 0.690. The van der Waals surface area contributed by atoms with E-state index in [1.807, 2.05) is 4.90 Å². The molecule has 29 heavy (non-hydrogen) atoms. The molecule has 1 aromatic heterocycles. The third-order valence-corrected chi connectivity index (χ3v) is 6.73. The van der Waals surface area contributed by atoms with E-state index in [-0.39, 0.29) is 28.2 Å². The highest BCUT2D eigenvalue weighted by atomic mass is 35.5. The predicted molar refractivity (Wildman–Crippen MR) is 109 cm³/mol. The second kappa shape index (κ2) is 8.25. The van der Waals surface area contributed by atoms with E-state index in [9.17, 15) is 13.2 Å². The number of nitrogens with one attached hydrogen (secondary N) is 2. The predicted octanol–water partition coefficient (Wildman–Crippen LogP) is 2.10. The molecule has 2 heterocycles. The van der Waals surface area contributed by atoms with Crippen molar-refractivity contribution in [1.82, 2.24) is 20.0 Å². The number of hydrogen-bond donors (Lipinski definition) is 2. The lowest BCUT2D eigenvalue weighted by molar-refractivity contribution is 0.0946. The number of aromatic nitrogens is 2. The zero-order chi connectivity index (χ0) is 20.4. The summed E-state index contributed by atoms with van der Waals surface area (Å²) >= 11 is 6.12. The highest BCUT2D eigenvalue weighted by Gasteiger charge is 2.27. The molecule has 1 saturated carbocycles. The zero-order valence-corrected chi connectivity index (χ0v) is 17.3. The Balaban J connectivity index is 1.40. The fourth-order valence-electron chi connectivity index (χ4n) is 3.13. The van der Waals surface area contributed by atoms with Crippen LogP contribution in [0, 0.1) is 0 Å². The third kappa shape index (κ3) is 4.85. The van der Waals surface area contributed by atoms with Gasteiger partial charge in [-0.2, -0.15) is 0 Å². The number of hydrogen-bond acceptors (Lipinski definition) is 6. The van der Waals surface area contributed by atoms with Crippen LogP contribution in [0.5, 0.6) is 0 Å². The molecular weight excluding hydrogens is 414 g/mol. The molecule has 154 valence electrons. The summed E-state index contributed by atoms with van der Waals surface area (Å²) in [6.45, 7) is 1.97. The van der Waals surface area contributed by atoms with Gasteiger partial charge in [0.1, 0.15) is 0 Å². The van der Waals surface area contributed by atoms with Crippen LogP contribution in [0.15, 0.2) is 35.4 Å². The van der Waals surface area contributed by atoms with Crippen molar-refractivity contribution >= 4 is 33.5 Å². The maximum absolute atomic E-state index is 12.6. The molecule has 8 nitrogen and oxygen atoms in total. The molecule has 1 saturated heterocycles. The van der Waals surface area contributed by atoms with Gasteiger partial charge >= 0.3 is 0 Å². The molecule has 0 spiro atoms. The Morgan fingerprint density at radius 2 is 1.86 bits per heavy atom. The van der Waals surface area contributed by atoms with Crippen molar-refractivity contribution in [2.24, 2.45) is 0 Å². The summed E-state index contributed by atoms with van der Waals surface area (Å²) < 4.78 is 27.1.